The van der Waals surface area contributed by atoms with Gasteiger partial charge in [0.1, 0.15) is 22.7 Å². The van der Waals surface area contributed by atoms with Gasteiger partial charge in [0, 0.05) is 18.5 Å². The molecule has 0 saturated carbocycles. The summed E-state index contributed by atoms with van der Waals surface area (Å²) in [7, 11) is -3.53. The van der Waals surface area contributed by atoms with Crippen LogP contribution in [-0.4, -0.2) is 58.2 Å². The van der Waals surface area contributed by atoms with E-state index in [1.54, 1.807) is 28.5 Å². The van der Waals surface area contributed by atoms with Crippen molar-refractivity contribution in [2.24, 2.45) is 0 Å². The fourth-order valence-electron chi connectivity index (χ4n) is 4.30. The van der Waals surface area contributed by atoms with E-state index in [2.05, 4.69) is 19.8 Å². The third-order valence-electron chi connectivity index (χ3n) is 5.80. The molecule has 5 rings (SSSR count). The molecule has 0 fully saturated rings. The molecule has 1 aliphatic rings. The Hall–Kier alpha value is -3.29. The van der Waals surface area contributed by atoms with E-state index in [0.717, 1.165) is 22.5 Å². The van der Waals surface area contributed by atoms with Gasteiger partial charge in [0.05, 0.1) is 17.6 Å². The van der Waals surface area contributed by atoms with Crippen molar-refractivity contribution in [2.45, 2.75) is 26.3 Å². The number of imidazole rings is 1. The average Bonchev–Trinajstić information content (AvgIpc) is 3.32. The Balaban J connectivity index is 1.45. The lowest BCUT2D eigenvalue weighted by Crippen LogP contribution is -2.43. The van der Waals surface area contributed by atoms with Crippen molar-refractivity contribution in [1.29, 1.82) is 0 Å². The van der Waals surface area contributed by atoms with Crippen LogP contribution < -0.4 is 9.46 Å². The van der Waals surface area contributed by atoms with E-state index in [1.165, 1.54) is 29.5 Å². The van der Waals surface area contributed by atoms with Crippen LogP contribution in [0.4, 0.5) is 10.2 Å². The molecule has 1 N–H and O–H groups in total. The number of sulfonamides is 1. The molecular weight excluding hydrogens is 543 g/mol. The van der Waals surface area contributed by atoms with Gasteiger partial charge in [0.25, 0.3) is 5.91 Å². The molecule has 0 radical (unpaired) electrons. The number of nitrogens with one attached hydrogen (secondary N) is 1. The summed E-state index contributed by atoms with van der Waals surface area (Å²) >= 11 is 7.57. The molecule has 3 aromatic heterocycles. The van der Waals surface area contributed by atoms with E-state index in [1.807, 2.05) is 6.92 Å². The zero-order valence-electron chi connectivity index (χ0n) is 20.0. The van der Waals surface area contributed by atoms with Gasteiger partial charge in [0.2, 0.25) is 15.0 Å². The number of anilines is 1. The highest BCUT2D eigenvalue weighted by Gasteiger charge is 2.38. The number of carbonyl (C=O) groups is 1. The van der Waals surface area contributed by atoms with E-state index < -0.39 is 34.4 Å². The number of benzene rings is 1. The molecule has 4 heterocycles. The number of hydrogen-bond acceptors (Lipinski definition) is 8. The number of rotatable bonds is 6. The summed E-state index contributed by atoms with van der Waals surface area (Å²) in [5.74, 6) is -0.703. The number of carbonyl (C=O) groups excluding carboxylic acids is 1. The van der Waals surface area contributed by atoms with Crippen LogP contribution in [0, 0.1) is 19.7 Å². The zero-order valence-corrected chi connectivity index (χ0v) is 22.4. The third-order valence-corrected chi connectivity index (χ3v) is 7.48. The summed E-state index contributed by atoms with van der Waals surface area (Å²) in [4.78, 5) is 24.3. The number of ether oxygens (including phenoxy) is 1. The van der Waals surface area contributed by atoms with Crippen molar-refractivity contribution >= 4 is 49.6 Å². The maximum Gasteiger partial charge on any atom is 0.261 e. The van der Waals surface area contributed by atoms with Crippen molar-refractivity contribution in [3.63, 3.8) is 0 Å². The smallest absolute Gasteiger partial charge is 0.261 e. The molecule has 4 aromatic rings. The minimum absolute atomic E-state index is 0.0213. The Morgan fingerprint density at radius 1 is 1.27 bits per heavy atom. The summed E-state index contributed by atoms with van der Waals surface area (Å²) < 4.78 is 47.6. The lowest BCUT2D eigenvalue weighted by Gasteiger charge is -2.35. The second-order valence-corrected chi connectivity index (χ2v) is 11.9. The highest BCUT2D eigenvalue weighted by atomic mass is 35.5. The lowest BCUT2D eigenvalue weighted by atomic mass is 9.94. The van der Waals surface area contributed by atoms with E-state index in [-0.39, 0.29) is 16.7 Å². The van der Waals surface area contributed by atoms with E-state index >= 15 is 4.39 Å². The lowest BCUT2D eigenvalue weighted by molar-refractivity contribution is -0.135. The van der Waals surface area contributed by atoms with Gasteiger partial charge in [-0.15, -0.1) is 0 Å². The van der Waals surface area contributed by atoms with E-state index in [4.69, 9.17) is 16.3 Å². The number of halogens is 2. The highest BCUT2D eigenvalue weighted by molar-refractivity contribution is 7.92. The molecule has 194 valence electrons. The minimum Gasteiger partial charge on any atom is -0.481 e. The minimum atomic E-state index is -3.53. The maximum atomic E-state index is 15.2. The Labute approximate surface area is 221 Å². The molecule has 1 aromatic carbocycles. The van der Waals surface area contributed by atoms with Crippen molar-refractivity contribution < 1.29 is 22.3 Å². The maximum absolute atomic E-state index is 15.2. The molecule has 0 bridgehead atoms. The zero-order chi connectivity index (χ0) is 26.5. The van der Waals surface area contributed by atoms with Gasteiger partial charge in [0.15, 0.2) is 17.5 Å². The van der Waals surface area contributed by atoms with Crippen LogP contribution in [0.25, 0.3) is 4.96 Å². The molecule has 37 heavy (non-hydrogen) atoms. The van der Waals surface area contributed by atoms with Crippen molar-refractivity contribution in [3.8, 4) is 5.75 Å². The number of aromatic nitrogens is 4. The monoisotopic (exact) mass is 564 g/mol. The van der Waals surface area contributed by atoms with Crippen LogP contribution in [0.15, 0.2) is 30.3 Å². The van der Waals surface area contributed by atoms with Gasteiger partial charge < -0.3 is 9.64 Å². The molecule has 0 spiro atoms. The van der Waals surface area contributed by atoms with E-state index in [9.17, 15) is 13.2 Å². The number of amides is 1. The summed E-state index contributed by atoms with van der Waals surface area (Å²) in [5, 5.41) is 5.24. The van der Waals surface area contributed by atoms with Gasteiger partial charge in [-0.1, -0.05) is 35.1 Å². The van der Waals surface area contributed by atoms with Crippen molar-refractivity contribution in [3.05, 3.63) is 68.8 Å². The van der Waals surface area contributed by atoms with Gasteiger partial charge in [-0.25, -0.2) is 27.3 Å². The number of aryl methyl sites for hydroxylation is 2. The highest BCUT2D eigenvalue weighted by Crippen LogP contribution is 2.38. The summed E-state index contributed by atoms with van der Waals surface area (Å²) in [6, 6.07) is 6.95. The molecule has 0 unspecified atom stereocenters. The first kappa shape index (κ1) is 25.4. The predicted molar refractivity (Wildman–Crippen MR) is 137 cm³/mol. The largest absolute Gasteiger partial charge is 0.481 e. The number of hydrogen-bond donors (Lipinski definition) is 1. The van der Waals surface area contributed by atoms with Gasteiger partial charge in [-0.3, -0.25) is 9.52 Å². The number of nitrogens with zero attached hydrogens (tertiary/aromatic N) is 5. The average molecular weight is 565 g/mol. The Bertz CT molecular complexity index is 1640. The molecule has 14 heteroatoms. The van der Waals surface area contributed by atoms with Crippen molar-refractivity contribution in [1.82, 2.24) is 24.5 Å². The Kier molecular flexibility index (Phi) is 6.54. The fraction of sp³-hybridized carbons (Fsp3) is 0.304. The number of pyridine rings is 1. The van der Waals surface area contributed by atoms with Crippen LogP contribution in [0.5, 0.6) is 5.75 Å². The second-order valence-electron chi connectivity index (χ2n) is 8.67. The summed E-state index contributed by atoms with van der Waals surface area (Å²) in [6.45, 7) is 3.57. The summed E-state index contributed by atoms with van der Waals surface area (Å²) in [6.07, 6.45) is 1.47. The Morgan fingerprint density at radius 3 is 2.76 bits per heavy atom. The molecule has 1 atom stereocenters. The normalized spacial score (nSPS) is 15.6. The molecule has 10 nitrogen and oxygen atoms in total. The van der Waals surface area contributed by atoms with Crippen LogP contribution >= 0.6 is 22.9 Å². The predicted octanol–water partition coefficient (Wildman–Crippen LogP) is 3.52. The Morgan fingerprint density at radius 2 is 2.05 bits per heavy atom. The van der Waals surface area contributed by atoms with Crippen LogP contribution in [0.2, 0.25) is 5.15 Å². The molecule has 1 amide bonds. The third kappa shape index (κ3) is 5.11. The van der Waals surface area contributed by atoms with Gasteiger partial charge >= 0.3 is 0 Å². The second kappa shape index (κ2) is 9.54. The first-order valence-electron chi connectivity index (χ1n) is 11.2. The van der Waals surface area contributed by atoms with E-state index in [0.29, 0.717) is 29.2 Å². The van der Waals surface area contributed by atoms with Gasteiger partial charge in [-0.2, -0.15) is 5.10 Å². The molecule has 0 saturated heterocycles. The molecule has 0 aliphatic carbocycles. The van der Waals surface area contributed by atoms with Crippen LogP contribution in [0.1, 0.15) is 33.6 Å². The van der Waals surface area contributed by atoms with Crippen LogP contribution in [0.3, 0.4) is 0 Å². The topological polar surface area (TPSA) is 119 Å². The fourth-order valence-corrected chi connectivity index (χ4v) is 5.77. The quantitative estimate of drug-likeness (QED) is 0.356. The molecule has 1 aliphatic heterocycles. The van der Waals surface area contributed by atoms with Gasteiger partial charge in [-0.05, 0) is 37.6 Å². The van der Waals surface area contributed by atoms with Crippen molar-refractivity contribution in [2.75, 3.05) is 24.1 Å². The standard InChI is InChI=1S/C23H22ClFN6O4S2/c1-12-4-5-14(15(25)10-12)20-21-16(26-23-31(21)28-13(2)36-23)8-9-30(20)19(32)11-35-17-6-7-18(27-22(17)24)29-37(3,33)34/h4-7,10,20H,8-9,11H2,1-3H3,(H,27,29)/t20-/m0/s1. The number of fused-ring (bicyclic) bond motifs is 3. The first-order valence-corrected chi connectivity index (χ1v) is 14.3. The first-order chi connectivity index (χ1) is 17.5. The van der Waals surface area contributed by atoms with Crippen LogP contribution in [-0.2, 0) is 21.2 Å². The SMILES string of the molecule is Cc1ccc([C@H]2c3c(nc4sc(C)nn34)CCN2C(=O)COc2ccc(NS(C)(=O)=O)nc2Cl)c(F)c1. The molecular formula is C23H22ClFN6O4S2. The summed E-state index contributed by atoms with van der Waals surface area (Å²) in [5.41, 5.74) is 2.52.